The molecule has 4 aromatic rings. The van der Waals surface area contributed by atoms with E-state index in [1.54, 1.807) is 0 Å². The van der Waals surface area contributed by atoms with E-state index in [1.807, 2.05) is 30.3 Å². The van der Waals surface area contributed by atoms with Crippen LogP contribution in [-0.2, 0) is 0 Å². The maximum absolute atomic E-state index is 10.8. The second-order valence-electron chi connectivity index (χ2n) is 13.5. The van der Waals surface area contributed by atoms with Crippen molar-refractivity contribution in [1.29, 1.82) is 0 Å². The van der Waals surface area contributed by atoms with Crippen molar-refractivity contribution < 1.29 is 14.3 Å². The van der Waals surface area contributed by atoms with Gasteiger partial charge < -0.3 is 9.47 Å². The molecule has 4 aromatic carbocycles. The lowest BCUT2D eigenvalue weighted by molar-refractivity contribution is 0.0989. The molecular weight excluding hydrogens is 572 g/mol. The number of hydrogen-bond donors (Lipinski definition) is 0. The second-order valence-corrected chi connectivity index (χ2v) is 14.4. The minimum Gasteiger partial charge on any atom is -0.490 e. The van der Waals surface area contributed by atoms with Crippen molar-refractivity contribution in [1.82, 2.24) is 0 Å². The van der Waals surface area contributed by atoms with Gasteiger partial charge in [0.2, 0.25) is 0 Å². The Bertz CT molecular complexity index is 1490. The van der Waals surface area contributed by atoms with Gasteiger partial charge in [0.15, 0.2) is 0 Å². The van der Waals surface area contributed by atoms with Crippen molar-refractivity contribution in [2.45, 2.75) is 91.3 Å². The molecule has 41 heavy (non-hydrogen) atoms. The Balaban J connectivity index is 0.000000165. The number of hydrogen-bond acceptors (Lipinski definition) is 3. The van der Waals surface area contributed by atoms with Gasteiger partial charge in [-0.2, -0.15) is 0 Å². The molecule has 0 heterocycles. The van der Waals surface area contributed by atoms with E-state index in [1.165, 1.54) is 49.3 Å². The van der Waals surface area contributed by atoms with Crippen LogP contribution in [0.1, 0.15) is 89.4 Å². The van der Waals surface area contributed by atoms with Crippen molar-refractivity contribution in [3.8, 4) is 11.5 Å². The highest BCUT2D eigenvalue weighted by atomic mass is 79.9. The lowest BCUT2D eigenvalue weighted by Crippen LogP contribution is -2.28. The van der Waals surface area contributed by atoms with Gasteiger partial charge in [-0.3, -0.25) is 4.79 Å². The molecule has 0 spiro atoms. The highest BCUT2D eigenvalue weighted by molar-refractivity contribution is 9.10. The maximum atomic E-state index is 10.8. The molecule has 216 valence electrons. The molecule has 0 saturated heterocycles. The number of halogens is 1. The first-order chi connectivity index (χ1) is 19.6. The highest BCUT2D eigenvalue weighted by Gasteiger charge is 2.28. The summed E-state index contributed by atoms with van der Waals surface area (Å²) in [6, 6.07) is 24.6. The molecule has 0 unspecified atom stereocenters. The molecule has 0 bridgehead atoms. The number of aldehydes is 1. The lowest BCUT2D eigenvalue weighted by Gasteiger charge is -2.34. The Labute approximate surface area is 253 Å². The molecule has 3 nitrogen and oxygen atoms in total. The fraction of sp³-hybridized carbons (Fsp3) is 0.432. The van der Waals surface area contributed by atoms with E-state index in [4.69, 9.17) is 9.47 Å². The normalized spacial score (nSPS) is 18.9. The van der Waals surface area contributed by atoms with Crippen LogP contribution in [0, 0.1) is 10.8 Å². The summed E-state index contributed by atoms with van der Waals surface area (Å²) < 4.78 is 13.4. The van der Waals surface area contributed by atoms with Crippen LogP contribution >= 0.6 is 15.9 Å². The molecule has 4 heteroatoms. The number of rotatable bonds is 5. The molecule has 0 radical (unpaired) electrons. The van der Waals surface area contributed by atoms with Gasteiger partial charge in [0.1, 0.15) is 17.8 Å². The molecule has 0 amide bonds. The zero-order valence-electron chi connectivity index (χ0n) is 24.9. The SMILES string of the molecule is CC1(C)CCC(Oc2ccc3cc(Br)ccc3c2)CC1.CC1(C)CCC(Oc2ccc3cc(C=O)ccc3c2)CC1. The molecule has 2 aliphatic carbocycles. The predicted octanol–water partition coefficient (Wildman–Crippen LogP) is 10.9. The molecule has 2 aliphatic rings. The zero-order chi connectivity index (χ0) is 29.0. The summed E-state index contributed by atoms with van der Waals surface area (Å²) in [6.07, 6.45) is 11.2. The van der Waals surface area contributed by atoms with Crippen molar-refractivity contribution in [2.75, 3.05) is 0 Å². The van der Waals surface area contributed by atoms with Crippen LogP contribution < -0.4 is 9.47 Å². The van der Waals surface area contributed by atoms with E-state index < -0.39 is 0 Å². The summed E-state index contributed by atoms with van der Waals surface area (Å²) in [4.78, 5) is 10.8. The van der Waals surface area contributed by atoms with Crippen molar-refractivity contribution in [3.63, 3.8) is 0 Å². The number of ether oxygens (including phenoxy) is 2. The topological polar surface area (TPSA) is 35.5 Å². The zero-order valence-corrected chi connectivity index (χ0v) is 26.5. The Kier molecular flexibility index (Phi) is 9.09. The number of carbonyl (C=O) groups excluding carboxylic acids is 1. The average molecular weight is 616 g/mol. The Morgan fingerprint density at radius 2 is 1.02 bits per heavy atom. The van der Waals surface area contributed by atoms with E-state index in [9.17, 15) is 4.79 Å². The quantitative estimate of drug-likeness (QED) is 0.210. The molecule has 0 N–H and O–H groups in total. The van der Waals surface area contributed by atoms with Gasteiger partial charge >= 0.3 is 0 Å². The molecule has 0 atom stereocenters. The van der Waals surface area contributed by atoms with E-state index in [0.717, 1.165) is 45.9 Å². The summed E-state index contributed by atoms with van der Waals surface area (Å²) in [6.45, 7) is 9.39. The first-order valence-corrected chi connectivity index (χ1v) is 15.9. The minimum absolute atomic E-state index is 0.338. The van der Waals surface area contributed by atoms with Gasteiger partial charge in [0, 0.05) is 10.0 Å². The predicted molar refractivity (Wildman–Crippen MR) is 174 cm³/mol. The fourth-order valence-corrected chi connectivity index (χ4v) is 6.40. The van der Waals surface area contributed by atoms with Crippen LogP contribution in [0.5, 0.6) is 11.5 Å². The van der Waals surface area contributed by atoms with Gasteiger partial charge in [-0.1, -0.05) is 74.0 Å². The van der Waals surface area contributed by atoms with Gasteiger partial charge in [0.25, 0.3) is 0 Å². The van der Waals surface area contributed by atoms with Crippen molar-refractivity contribution in [3.05, 3.63) is 82.8 Å². The van der Waals surface area contributed by atoms with Gasteiger partial charge in [0.05, 0.1) is 12.2 Å². The van der Waals surface area contributed by atoms with E-state index >= 15 is 0 Å². The van der Waals surface area contributed by atoms with Crippen LogP contribution in [0.4, 0.5) is 0 Å². The van der Waals surface area contributed by atoms with E-state index in [0.29, 0.717) is 28.6 Å². The Morgan fingerprint density at radius 3 is 1.51 bits per heavy atom. The monoisotopic (exact) mass is 614 g/mol. The van der Waals surface area contributed by atoms with Crippen molar-refractivity contribution in [2.24, 2.45) is 10.8 Å². The minimum atomic E-state index is 0.338. The maximum Gasteiger partial charge on any atom is 0.150 e. The van der Waals surface area contributed by atoms with Crippen LogP contribution in [0.15, 0.2) is 77.3 Å². The first-order valence-electron chi connectivity index (χ1n) is 15.1. The summed E-state index contributed by atoms with van der Waals surface area (Å²) in [7, 11) is 0. The van der Waals surface area contributed by atoms with Gasteiger partial charge in [-0.05, 0) is 126 Å². The third-order valence-corrected chi connectivity index (χ3v) is 9.42. The Hall–Kier alpha value is -2.85. The van der Waals surface area contributed by atoms with Crippen molar-refractivity contribution >= 4 is 43.8 Å². The van der Waals surface area contributed by atoms with Crippen LogP contribution in [0.3, 0.4) is 0 Å². The smallest absolute Gasteiger partial charge is 0.150 e. The Morgan fingerprint density at radius 1 is 0.610 bits per heavy atom. The van der Waals surface area contributed by atoms with Crippen LogP contribution in [-0.4, -0.2) is 18.5 Å². The molecule has 0 aromatic heterocycles. The lowest BCUT2D eigenvalue weighted by atomic mass is 9.76. The first kappa shape index (κ1) is 29.6. The second kappa shape index (κ2) is 12.6. The molecular formula is C37H43BrO3. The van der Waals surface area contributed by atoms with Gasteiger partial charge in [-0.25, -0.2) is 0 Å². The summed E-state index contributed by atoms with van der Waals surface area (Å²) in [5, 5.41) is 4.68. The molecule has 6 rings (SSSR count). The molecule has 2 fully saturated rings. The summed E-state index contributed by atoms with van der Waals surface area (Å²) >= 11 is 3.51. The molecule has 0 aliphatic heterocycles. The van der Waals surface area contributed by atoms with E-state index in [-0.39, 0.29) is 0 Å². The van der Waals surface area contributed by atoms with Crippen LogP contribution in [0.2, 0.25) is 0 Å². The van der Waals surface area contributed by atoms with Crippen LogP contribution in [0.25, 0.3) is 21.5 Å². The summed E-state index contributed by atoms with van der Waals surface area (Å²) in [5.41, 5.74) is 1.68. The summed E-state index contributed by atoms with van der Waals surface area (Å²) in [5.74, 6) is 1.94. The average Bonchev–Trinajstić information content (AvgIpc) is 2.95. The number of fused-ring (bicyclic) bond motifs is 2. The largest absolute Gasteiger partial charge is 0.490 e. The third-order valence-electron chi connectivity index (χ3n) is 8.92. The number of benzene rings is 4. The van der Waals surface area contributed by atoms with Gasteiger partial charge in [-0.15, -0.1) is 0 Å². The standard InChI is InChI=1S/C19H22O2.C18H21BrO/c1-19(2)9-7-17(8-10-19)21-18-6-5-15-11-14(13-20)3-4-16(15)12-18;1-18(2)9-7-16(8-10-18)20-17-6-4-13-11-15(19)5-3-14(13)12-17/h3-6,11-13,17H,7-10H2,1-2H3;3-6,11-12,16H,7-10H2,1-2H3. The highest BCUT2D eigenvalue weighted by Crippen LogP contribution is 2.38. The third kappa shape index (κ3) is 8.13. The fourth-order valence-electron chi connectivity index (χ4n) is 6.02. The van der Waals surface area contributed by atoms with E-state index in [2.05, 4.69) is 86.1 Å². The number of carbonyl (C=O) groups is 1. The molecule has 2 saturated carbocycles.